The molecule has 1 aliphatic carbocycles. The van der Waals surface area contributed by atoms with E-state index in [0.717, 1.165) is 12.8 Å². The van der Waals surface area contributed by atoms with Crippen molar-refractivity contribution < 1.29 is 19.1 Å². The van der Waals surface area contributed by atoms with Crippen molar-refractivity contribution in [2.24, 2.45) is 0 Å². The van der Waals surface area contributed by atoms with Crippen molar-refractivity contribution in [1.29, 1.82) is 0 Å². The van der Waals surface area contributed by atoms with E-state index in [9.17, 15) is 4.79 Å². The fourth-order valence-corrected chi connectivity index (χ4v) is 1.38. The summed E-state index contributed by atoms with van der Waals surface area (Å²) < 4.78 is 10.3. The van der Waals surface area contributed by atoms with Gasteiger partial charge in [0.25, 0.3) is 0 Å². The molecule has 0 spiro atoms. The van der Waals surface area contributed by atoms with Crippen LogP contribution < -0.4 is 0 Å². The Labute approximate surface area is 81.5 Å². The summed E-state index contributed by atoms with van der Waals surface area (Å²) in [4.78, 5) is 10.7. The molecular formula is C10H12O4. The van der Waals surface area contributed by atoms with Gasteiger partial charge in [-0.25, -0.2) is 4.79 Å². The topological polar surface area (TPSA) is 59.7 Å². The van der Waals surface area contributed by atoms with Crippen LogP contribution in [-0.4, -0.2) is 17.2 Å². The lowest BCUT2D eigenvalue weighted by Crippen LogP contribution is -2.21. The van der Waals surface area contributed by atoms with Gasteiger partial charge in [0, 0.05) is 5.56 Å². The summed E-state index contributed by atoms with van der Waals surface area (Å²) in [6.45, 7) is 0.336. The number of furan rings is 1. The molecule has 1 aromatic rings. The first-order valence-corrected chi connectivity index (χ1v) is 4.68. The Balaban J connectivity index is 1.94. The van der Waals surface area contributed by atoms with E-state index in [2.05, 4.69) is 0 Å². The van der Waals surface area contributed by atoms with Crippen LogP contribution in [0.2, 0.25) is 0 Å². The van der Waals surface area contributed by atoms with Crippen molar-refractivity contribution in [2.45, 2.75) is 32.0 Å². The Bertz CT molecular complexity index is 325. The fraction of sp³-hybridized carbons (Fsp3) is 0.500. The molecule has 2 rings (SSSR count). The van der Waals surface area contributed by atoms with E-state index in [4.69, 9.17) is 14.3 Å². The second kappa shape index (κ2) is 3.84. The second-order valence-electron chi connectivity index (χ2n) is 3.44. The number of hydrogen-bond acceptors (Lipinski definition) is 3. The molecule has 1 saturated carbocycles. The van der Waals surface area contributed by atoms with Gasteiger partial charge < -0.3 is 14.3 Å². The molecule has 14 heavy (non-hydrogen) atoms. The largest absolute Gasteiger partial charge is 0.475 e. The SMILES string of the molecule is O=C(O)c1occc1COC1CCC1. The van der Waals surface area contributed by atoms with E-state index < -0.39 is 5.97 Å². The molecule has 0 atom stereocenters. The van der Waals surface area contributed by atoms with E-state index in [0.29, 0.717) is 18.3 Å². The van der Waals surface area contributed by atoms with E-state index in [1.165, 1.54) is 12.7 Å². The van der Waals surface area contributed by atoms with Crippen molar-refractivity contribution in [3.63, 3.8) is 0 Å². The molecule has 0 radical (unpaired) electrons. The minimum Gasteiger partial charge on any atom is -0.475 e. The molecule has 4 nitrogen and oxygen atoms in total. The second-order valence-corrected chi connectivity index (χ2v) is 3.44. The van der Waals surface area contributed by atoms with Gasteiger partial charge in [-0.1, -0.05) is 0 Å². The molecule has 1 N–H and O–H groups in total. The Morgan fingerprint density at radius 1 is 1.64 bits per heavy atom. The average molecular weight is 196 g/mol. The molecule has 4 heteroatoms. The zero-order chi connectivity index (χ0) is 9.97. The third-order valence-corrected chi connectivity index (χ3v) is 2.47. The van der Waals surface area contributed by atoms with Crippen molar-refractivity contribution in [2.75, 3.05) is 0 Å². The third kappa shape index (κ3) is 1.80. The van der Waals surface area contributed by atoms with Crippen LogP contribution in [0.4, 0.5) is 0 Å². The summed E-state index contributed by atoms with van der Waals surface area (Å²) in [6.07, 6.45) is 5.07. The van der Waals surface area contributed by atoms with Gasteiger partial charge in [0.2, 0.25) is 5.76 Å². The molecule has 0 amide bonds. The highest BCUT2D eigenvalue weighted by Gasteiger charge is 2.20. The van der Waals surface area contributed by atoms with Crippen molar-refractivity contribution in [1.82, 2.24) is 0 Å². The summed E-state index contributed by atoms with van der Waals surface area (Å²) in [6, 6.07) is 1.64. The van der Waals surface area contributed by atoms with Crippen LogP contribution in [0, 0.1) is 0 Å². The summed E-state index contributed by atoms with van der Waals surface area (Å²) in [7, 11) is 0. The number of carbonyl (C=O) groups is 1. The molecule has 1 aromatic heterocycles. The molecule has 0 bridgehead atoms. The number of carboxylic acid groups (broad SMARTS) is 1. The molecular weight excluding hydrogens is 184 g/mol. The van der Waals surface area contributed by atoms with Crippen LogP contribution >= 0.6 is 0 Å². The highest BCUT2D eigenvalue weighted by molar-refractivity contribution is 5.85. The number of ether oxygens (including phenoxy) is 1. The van der Waals surface area contributed by atoms with Crippen LogP contribution in [0.5, 0.6) is 0 Å². The number of aromatic carboxylic acids is 1. The molecule has 1 aliphatic rings. The number of rotatable bonds is 4. The summed E-state index contributed by atoms with van der Waals surface area (Å²) in [5, 5.41) is 8.74. The first-order chi connectivity index (χ1) is 6.77. The summed E-state index contributed by atoms with van der Waals surface area (Å²) >= 11 is 0. The first-order valence-electron chi connectivity index (χ1n) is 4.68. The predicted octanol–water partition coefficient (Wildman–Crippen LogP) is 2.05. The standard InChI is InChI=1S/C10H12O4/c11-10(12)9-7(4-5-13-9)6-14-8-2-1-3-8/h4-5,8H,1-3,6H2,(H,11,12). The Morgan fingerprint density at radius 2 is 2.43 bits per heavy atom. The fourth-order valence-electron chi connectivity index (χ4n) is 1.38. The quantitative estimate of drug-likeness (QED) is 0.800. The van der Waals surface area contributed by atoms with Crippen LogP contribution in [0.15, 0.2) is 16.7 Å². The molecule has 76 valence electrons. The minimum atomic E-state index is -1.04. The van der Waals surface area contributed by atoms with Gasteiger partial charge in [0.15, 0.2) is 0 Å². The molecule has 1 fully saturated rings. The molecule has 0 aromatic carbocycles. The third-order valence-electron chi connectivity index (χ3n) is 2.47. The van der Waals surface area contributed by atoms with Crippen molar-refractivity contribution in [3.8, 4) is 0 Å². The minimum absolute atomic E-state index is 0.00989. The Morgan fingerprint density at radius 3 is 3.00 bits per heavy atom. The molecule has 0 aliphatic heterocycles. The van der Waals surface area contributed by atoms with Gasteiger partial charge in [0.1, 0.15) is 0 Å². The van der Waals surface area contributed by atoms with Crippen LogP contribution in [0.25, 0.3) is 0 Å². The lowest BCUT2D eigenvalue weighted by Gasteiger charge is -2.25. The average Bonchev–Trinajstić information content (AvgIpc) is 2.49. The monoisotopic (exact) mass is 196 g/mol. The Kier molecular flexibility index (Phi) is 2.54. The van der Waals surface area contributed by atoms with E-state index in [1.54, 1.807) is 6.07 Å². The first kappa shape index (κ1) is 9.27. The van der Waals surface area contributed by atoms with Crippen molar-refractivity contribution >= 4 is 5.97 Å². The number of carboxylic acids is 1. The normalized spacial score (nSPS) is 16.6. The van der Waals surface area contributed by atoms with Gasteiger partial charge >= 0.3 is 5.97 Å². The molecule has 1 heterocycles. The zero-order valence-corrected chi connectivity index (χ0v) is 7.73. The maximum Gasteiger partial charge on any atom is 0.372 e. The maximum absolute atomic E-state index is 10.7. The highest BCUT2D eigenvalue weighted by atomic mass is 16.5. The van der Waals surface area contributed by atoms with E-state index in [1.807, 2.05) is 0 Å². The van der Waals surface area contributed by atoms with E-state index >= 15 is 0 Å². The smallest absolute Gasteiger partial charge is 0.372 e. The Hall–Kier alpha value is -1.29. The molecule has 0 saturated heterocycles. The van der Waals surface area contributed by atoms with E-state index in [-0.39, 0.29) is 5.76 Å². The lowest BCUT2D eigenvalue weighted by atomic mass is 9.96. The van der Waals surface area contributed by atoms with Gasteiger partial charge in [0.05, 0.1) is 19.0 Å². The summed E-state index contributed by atoms with van der Waals surface area (Å²) in [5.74, 6) is -1.05. The van der Waals surface area contributed by atoms with Gasteiger partial charge in [-0.15, -0.1) is 0 Å². The lowest BCUT2D eigenvalue weighted by molar-refractivity contribution is -0.00940. The number of hydrogen-bond donors (Lipinski definition) is 1. The predicted molar refractivity (Wildman–Crippen MR) is 48.1 cm³/mol. The maximum atomic E-state index is 10.7. The summed E-state index contributed by atoms with van der Waals surface area (Å²) in [5.41, 5.74) is 0.615. The van der Waals surface area contributed by atoms with Crippen LogP contribution in [-0.2, 0) is 11.3 Å². The van der Waals surface area contributed by atoms with Crippen LogP contribution in [0.1, 0.15) is 35.4 Å². The highest BCUT2D eigenvalue weighted by Crippen LogP contribution is 2.24. The van der Waals surface area contributed by atoms with Gasteiger partial charge in [-0.05, 0) is 25.3 Å². The molecule has 0 unspecified atom stereocenters. The van der Waals surface area contributed by atoms with Gasteiger partial charge in [-0.2, -0.15) is 0 Å². The van der Waals surface area contributed by atoms with Gasteiger partial charge in [-0.3, -0.25) is 0 Å². The van der Waals surface area contributed by atoms with Crippen LogP contribution in [0.3, 0.4) is 0 Å². The zero-order valence-electron chi connectivity index (χ0n) is 7.73. The van der Waals surface area contributed by atoms with Crippen molar-refractivity contribution in [3.05, 3.63) is 23.7 Å².